The van der Waals surface area contributed by atoms with Gasteiger partial charge >= 0.3 is 0 Å². The number of halogens is 1. The van der Waals surface area contributed by atoms with Crippen LogP contribution in [0.2, 0.25) is 5.02 Å². The highest BCUT2D eigenvalue weighted by molar-refractivity contribution is 7.89. The molecule has 1 saturated heterocycles. The van der Waals surface area contributed by atoms with Gasteiger partial charge in [0.05, 0.1) is 23.1 Å². The maximum Gasteiger partial charge on any atom is 0.240 e. The van der Waals surface area contributed by atoms with Crippen LogP contribution >= 0.6 is 11.6 Å². The van der Waals surface area contributed by atoms with E-state index in [1.807, 2.05) is 0 Å². The predicted molar refractivity (Wildman–Crippen MR) is 72.2 cm³/mol. The smallest absolute Gasteiger partial charge is 0.240 e. The molecule has 1 fully saturated rings. The van der Waals surface area contributed by atoms with E-state index in [9.17, 15) is 8.42 Å². The molecule has 0 saturated carbocycles. The molecule has 1 heterocycles. The van der Waals surface area contributed by atoms with Crippen molar-refractivity contribution in [3.8, 4) is 5.75 Å². The van der Waals surface area contributed by atoms with E-state index >= 15 is 0 Å². The molecule has 0 radical (unpaired) electrons. The first kappa shape index (κ1) is 14.6. The molecule has 0 spiro atoms. The zero-order valence-electron chi connectivity index (χ0n) is 10.6. The molecule has 1 aliphatic rings. The van der Waals surface area contributed by atoms with E-state index in [2.05, 4.69) is 4.72 Å². The first-order chi connectivity index (χ1) is 9.03. The molecule has 0 bridgehead atoms. The summed E-state index contributed by atoms with van der Waals surface area (Å²) in [7, 11) is -2.09. The summed E-state index contributed by atoms with van der Waals surface area (Å²) in [5.74, 6) is 0.444. The van der Waals surface area contributed by atoms with E-state index in [0.29, 0.717) is 12.4 Å². The molecule has 2 rings (SSSR count). The zero-order valence-corrected chi connectivity index (χ0v) is 12.1. The van der Waals surface area contributed by atoms with Gasteiger partial charge in [0, 0.05) is 13.2 Å². The second kappa shape index (κ2) is 6.09. The minimum Gasteiger partial charge on any atom is -0.495 e. The number of rotatable bonds is 5. The van der Waals surface area contributed by atoms with Gasteiger partial charge in [-0.1, -0.05) is 11.6 Å². The second-order valence-corrected chi connectivity index (χ2v) is 6.46. The van der Waals surface area contributed by atoms with Crippen molar-refractivity contribution in [2.24, 2.45) is 0 Å². The van der Waals surface area contributed by atoms with Crippen LogP contribution in [-0.2, 0) is 14.8 Å². The SMILES string of the molecule is COc1ccc(S(=O)(=O)NC[C@H]2CCCO2)cc1Cl. The van der Waals surface area contributed by atoms with E-state index < -0.39 is 10.0 Å². The monoisotopic (exact) mass is 305 g/mol. The molecule has 1 atom stereocenters. The average molecular weight is 306 g/mol. The van der Waals surface area contributed by atoms with Crippen LogP contribution in [0.5, 0.6) is 5.75 Å². The summed E-state index contributed by atoms with van der Waals surface area (Å²) < 4.78 is 37.0. The molecule has 5 nitrogen and oxygen atoms in total. The number of nitrogens with one attached hydrogen (secondary N) is 1. The maximum absolute atomic E-state index is 12.1. The molecule has 1 aromatic rings. The lowest BCUT2D eigenvalue weighted by atomic mass is 10.2. The van der Waals surface area contributed by atoms with E-state index in [0.717, 1.165) is 12.8 Å². The number of ether oxygens (including phenoxy) is 2. The quantitative estimate of drug-likeness (QED) is 0.901. The van der Waals surface area contributed by atoms with Gasteiger partial charge in [0.15, 0.2) is 0 Å². The number of hydrogen-bond donors (Lipinski definition) is 1. The zero-order chi connectivity index (χ0) is 13.9. The van der Waals surface area contributed by atoms with Crippen molar-refractivity contribution in [3.63, 3.8) is 0 Å². The van der Waals surface area contributed by atoms with Crippen molar-refractivity contribution in [2.45, 2.75) is 23.8 Å². The number of hydrogen-bond acceptors (Lipinski definition) is 4. The van der Waals surface area contributed by atoms with Crippen LogP contribution in [0.25, 0.3) is 0 Å². The molecule has 0 aromatic heterocycles. The molecule has 0 amide bonds. The lowest BCUT2D eigenvalue weighted by Crippen LogP contribution is -2.31. The lowest BCUT2D eigenvalue weighted by molar-refractivity contribution is 0.114. The van der Waals surface area contributed by atoms with Gasteiger partial charge in [0.25, 0.3) is 0 Å². The fourth-order valence-corrected chi connectivity index (χ4v) is 3.32. The van der Waals surface area contributed by atoms with Crippen LogP contribution in [0, 0.1) is 0 Å². The maximum atomic E-state index is 12.1. The Morgan fingerprint density at radius 1 is 1.53 bits per heavy atom. The Morgan fingerprint density at radius 2 is 2.32 bits per heavy atom. The summed E-state index contributed by atoms with van der Waals surface area (Å²) >= 11 is 5.92. The first-order valence-corrected chi connectivity index (χ1v) is 7.84. The van der Waals surface area contributed by atoms with Crippen molar-refractivity contribution < 1.29 is 17.9 Å². The standard InChI is InChI=1S/C12H16ClNO4S/c1-17-12-5-4-10(7-11(12)13)19(15,16)14-8-9-3-2-6-18-9/h4-5,7,9,14H,2-3,6,8H2,1H3/t9-/m1/s1. The highest BCUT2D eigenvalue weighted by Crippen LogP contribution is 2.26. The molecule has 1 N–H and O–H groups in total. The second-order valence-electron chi connectivity index (χ2n) is 4.28. The summed E-state index contributed by atoms with van der Waals surface area (Å²) in [6.45, 7) is 0.979. The Balaban J connectivity index is 2.08. The van der Waals surface area contributed by atoms with Crippen LogP contribution in [0.15, 0.2) is 23.1 Å². The Kier molecular flexibility index (Phi) is 4.67. The number of sulfonamides is 1. The summed E-state index contributed by atoms with van der Waals surface area (Å²) in [6.07, 6.45) is 1.82. The Bertz CT molecular complexity index is 541. The molecule has 7 heteroatoms. The van der Waals surface area contributed by atoms with Crippen LogP contribution in [0.4, 0.5) is 0 Å². The summed E-state index contributed by atoms with van der Waals surface area (Å²) in [6, 6.07) is 4.36. The highest BCUT2D eigenvalue weighted by Gasteiger charge is 2.20. The molecular formula is C12H16ClNO4S. The topological polar surface area (TPSA) is 64.6 Å². The van der Waals surface area contributed by atoms with E-state index in [4.69, 9.17) is 21.1 Å². The van der Waals surface area contributed by atoms with Gasteiger partial charge in [-0.3, -0.25) is 0 Å². The third-order valence-electron chi connectivity index (χ3n) is 2.96. The van der Waals surface area contributed by atoms with Crippen molar-refractivity contribution >= 4 is 21.6 Å². The minimum absolute atomic E-state index is 0.0384. The Hall–Kier alpha value is -0.820. The van der Waals surface area contributed by atoms with Crippen molar-refractivity contribution in [3.05, 3.63) is 23.2 Å². The molecule has 19 heavy (non-hydrogen) atoms. The molecule has 1 aliphatic heterocycles. The summed E-state index contributed by atoms with van der Waals surface area (Å²) in [5, 5.41) is 0.266. The molecular weight excluding hydrogens is 290 g/mol. The molecule has 1 aromatic carbocycles. The van der Waals surface area contributed by atoms with E-state index in [1.54, 1.807) is 0 Å². The van der Waals surface area contributed by atoms with E-state index in [1.165, 1.54) is 25.3 Å². The number of methoxy groups -OCH3 is 1. The fraction of sp³-hybridized carbons (Fsp3) is 0.500. The molecule has 0 aliphatic carbocycles. The van der Waals surface area contributed by atoms with Crippen LogP contribution in [0.3, 0.4) is 0 Å². The van der Waals surface area contributed by atoms with Crippen molar-refractivity contribution in [1.82, 2.24) is 4.72 Å². The van der Waals surface area contributed by atoms with Gasteiger partial charge in [-0.15, -0.1) is 0 Å². The Morgan fingerprint density at radius 3 is 2.89 bits per heavy atom. The number of benzene rings is 1. The average Bonchev–Trinajstić information content (AvgIpc) is 2.89. The fourth-order valence-electron chi connectivity index (χ4n) is 1.91. The van der Waals surface area contributed by atoms with Gasteiger partial charge in [0.1, 0.15) is 5.75 Å². The highest BCUT2D eigenvalue weighted by atomic mass is 35.5. The van der Waals surface area contributed by atoms with Gasteiger partial charge in [-0.25, -0.2) is 13.1 Å². The van der Waals surface area contributed by atoms with Crippen molar-refractivity contribution in [2.75, 3.05) is 20.3 Å². The molecule has 106 valence electrons. The third kappa shape index (κ3) is 3.60. The summed E-state index contributed by atoms with van der Waals surface area (Å²) in [4.78, 5) is 0.122. The minimum atomic E-state index is -3.57. The van der Waals surface area contributed by atoms with Gasteiger partial charge < -0.3 is 9.47 Å². The normalized spacial score (nSPS) is 19.6. The Labute approximate surface area is 117 Å². The third-order valence-corrected chi connectivity index (χ3v) is 4.68. The van der Waals surface area contributed by atoms with Crippen LogP contribution < -0.4 is 9.46 Å². The van der Waals surface area contributed by atoms with Gasteiger partial charge in [0.2, 0.25) is 10.0 Å². The largest absolute Gasteiger partial charge is 0.495 e. The predicted octanol–water partition coefficient (Wildman–Crippen LogP) is 1.81. The van der Waals surface area contributed by atoms with Crippen molar-refractivity contribution in [1.29, 1.82) is 0 Å². The van der Waals surface area contributed by atoms with Crippen LogP contribution in [0.1, 0.15) is 12.8 Å². The van der Waals surface area contributed by atoms with Gasteiger partial charge in [-0.05, 0) is 31.0 Å². The van der Waals surface area contributed by atoms with Crippen LogP contribution in [-0.4, -0.2) is 34.8 Å². The van der Waals surface area contributed by atoms with Gasteiger partial charge in [-0.2, -0.15) is 0 Å². The lowest BCUT2D eigenvalue weighted by Gasteiger charge is -2.12. The molecule has 0 unspecified atom stereocenters. The first-order valence-electron chi connectivity index (χ1n) is 5.98. The summed E-state index contributed by atoms with van der Waals surface area (Å²) in [5.41, 5.74) is 0. The van der Waals surface area contributed by atoms with E-state index in [-0.39, 0.29) is 22.6 Å².